The standard InChI is InChI=1S/C24H22FNO4/c1-28-19-10-8-18(9-11-19)26-23(27)13-16-12-21(29-2)22(30-3)14-20(16)24(26)15-4-6-17(25)7-5-15/h4-12,14,24H,13H2,1-3H3/t24-/m1/s1. The average molecular weight is 407 g/mol. The van der Waals surface area contributed by atoms with Crippen molar-refractivity contribution in [3.05, 3.63) is 83.2 Å². The van der Waals surface area contributed by atoms with Gasteiger partial charge in [0.15, 0.2) is 11.5 Å². The van der Waals surface area contributed by atoms with Crippen LogP contribution >= 0.6 is 0 Å². The topological polar surface area (TPSA) is 48.0 Å². The van der Waals surface area contributed by atoms with E-state index < -0.39 is 6.04 Å². The van der Waals surface area contributed by atoms with E-state index in [1.807, 2.05) is 36.4 Å². The van der Waals surface area contributed by atoms with Crippen LogP contribution in [0.2, 0.25) is 0 Å². The molecule has 0 N–H and O–H groups in total. The molecular formula is C24H22FNO4. The first-order valence-electron chi connectivity index (χ1n) is 9.52. The Bertz CT molecular complexity index is 1060. The van der Waals surface area contributed by atoms with Crippen molar-refractivity contribution in [3.8, 4) is 17.2 Å². The van der Waals surface area contributed by atoms with Crippen LogP contribution in [-0.2, 0) is 11.2 Å². The Labute approximate surface area is 174 Å². The first-order chi connectivity index (χ1) is 14.5. The van der Waals surface area contributed by atoms with E-state index in [4.69, 9.17) is 14.2 Å². The van der Waals surface area contributed by atoms with Crippen molar-refractivity contribution < 1.29 is 23.4 Å². The summed E-state index contributed by atoms with van der Waals surface area (Å²) < 4.78 is 29.8. The van der Waals surface area contributed by atoms with Crippen molar-refractivity contribution in [2.45, 2.75) is 12.5 Å². The fraction of sp³-hybridized carbons (Fsp3) is 0.208. The number of anilines is 1. The number of carbonyl (C=O) groups is 1. The molecule has 4 rings (SSSR count). The molecule has 5 nitrogen and oxygen atoms in total. The number of hydrogen-bond acceptors (Lipinski definition) is 4. The molecule has 1 aliphatic rings. The highest BCUT2D eigenvalue weighted by molar-refractivity contribution is 5.98. The average Bonchev–Trinajstić information content (AvgIpc) is 2.78. The van der Waals surface area contributed by atoms with Crippen LogP contribution < -0.4 is 19.1 Å². The lowest BCUT2D eigenvalue weighted by molar-refractivity contribution is -0.118. The van der Waals surface area contributed by atoms with Gasteiger partial charge >= 0.3 is 0 Å². The van der Waals surface area contributed by atoms with Gasteiger partial charge in [0, 0.05) is 5.69 Å². The fourth-order valence-electron chi connectivity index (χ4n) is 3.89. The summed E-state index contributed by atoms with van der Waals surface area (Å²) in [5.74, 6) is 1.46. The number of ether oxygens (including phenoxy) is 3. The van der Waals surface area contributed by atoms with Crippen LogP contribution in [-0.4, -0.2) is 27.2 Å². The summed E-state index contributed by atoms with van der Waals surface area (Å²) >= 11 is 0. The minimum absolute atomic E-state index is 0.0609. The van der Waals surface area contributed by atoms with Crippen molar-refractivity contribution in [2.75, 3.05) is 26.2 Å². The monoisotopic (exact) mass is 407 g/mol. The molecule has 154 valence electrons. The molecule has 0 radical (unpaired) electrons. The summed E-state index contributed by atoms with van der Waals surface area (Å²) in [6, 6.07) is 16.8. The molecule has 0 spiro atoms. The Hall–Kier alpha value is -3.54. The minimum atomic E-state index is -0.435. The van der Waals surface area contributed by atoms with Crippen LogP contribution in [0.25, 0.3) is 0 Å². The number of amides is 1. The number of halogens is 1. The van der Waals surface area contributed by atoms with Gasteiger partial charge in [-0.3, -0.25) is 4.79 Å². The fourth-order valence-corrected chi connectivity index (χ4v) is 3.89. The maximum Gasteiger partial charge on any atom is 0.232 e. The molecule has 0 aliphatic carbocycles. The Morgan fingerprint density at radius 3 is 2.10 bits per heavy atom. The SMILES string of the molecule is COc1ccc(N2C(=O)Cc3cc(OC)c(OC)cc3[C@H]2c2ccc(F)cc2)cc1. The number of methoxy groups -OCH3 is 3. The van der Waals surface area contributed by atoms with Gasteiger partial charge in [-0.25, -0.2) is 4.39 Å². The maximum absolute atomic E-state index is 13.6. The summed E-state index contributed by atoms with van der Waals surface area (Å²) in [4.78, 5) is 15.0. The normalized spacial score (nSPS) is 15.5. The third kappa shape index (κ3) is 3.45. The third-order valence-corrected chi connectivity index (χ3v) is 5.34. The van der Waals surface area contributed by atoms with Gasteiger partial charge in [-0.05, 0) is 65.2 Å². The van der Waals surface area contributed by atoms with Crippen LogP contribution in [0, 0.1) is 5.82 Å². The molecule has 1 amide bonds. The summed E-state index contributed by atoms with van der Waals surface area (Å²) in [6.07, 6.45) is 0.222. The third-order valence-electron chi connectivity index (χ3n) is 5.34. The minimum Gasteiger partial charge on any atom is -0.497 e. The number of hydrogen-bond donors (Lipinski definition) is 0. The lowest BCUT2D eigenvalue weighted by Crippen LogP contribution is -2.41. The molecule has 1 aliphatic heterocycles. The number of rotatable bonds is 5. The number of benzene rings is 3. The second-order valence-electron chi connectivity index (χ2n) is 7.00. The highest BCUT2D eigenvalue weighted by atomic mass is 19.1. The van der Waals surface area contributed by atoms with Crippen LogP contribution in [0.1, 0.15) is 22.7 Å². The lowest BCUT2D eigenvalue weighted by atomic mass is 9.87. The first kappa shape index (κ1) is 19.8. The largest absolute Gasteiger partial charge is 0.497 e. The summed E-state index contributed by atoms with van der Waals surface area (Å²) in [7, 11) is 4.74. The van der Waals surface area contributed by atoms with Gasteiger partial charge in [0.25, 0.3) is 0 Å². The van der Waals surface area contributed by atoms with Gasteiger partial charge in [0.2, 0.25) is 5.91 Å². The van der Waals surface area contributed by atoms with Crippen LogP contribution in [0.15, 0.2) is 60.7 Å². The van der Waals surface area contributed by atoms with Gasteiger partial charge in [0.1, 0.15) is 11.6 Å². The number of nitrogens with zero attached hydrogens (tertiary/aromatic N) is 1. The molecule has 1 heterocycles. The predicted molar refractivity (Wildman–Crippen MR) is 112 cm³/mol. The van der Waals surface area contributed by atoms with Crippen LogP contribution in [0.3, 0.4) is 0 Å². The van der Waals surface area contributed by atoms with E-state index in [2.05, 4.69) is 0 Å². The van der Waals surface area contributed by atoms with Crippen LogP contribution in [0.4, 0.5) is 10.1 Å². The molecule has 3 aromatic carbocycles. The summed E-state index contributed by atoms with van der Waals surface area (Å²) in [6.45, 7) is 0. The summed E-state index contributed by atoms with van der Waals surface area (Å²) in [5, 5.41) is 0. The molecular weight excluding hydrogens is 385 g/mol. The zero-order chi connectivity index (χ0) is 21.3. The zero-order valence-corrected chi connectivity index (χ0v) is 17.0. The first-order valence-corrected chi connectivity index (χ1v) is 9.52. The van der Waals surface area contributed by atoms with Gasteiger partial charge in [-0.15, -0.1) is 0 Å². The molecule has 3 aromatic rings. The summed E-state index contributed by atoms with van der Waals surface area (Å²) in [5.41, 5.74) is 3.30. The molecule has 0 unspecified atom stereocenters. The van der Waals surface area contributed by atoms with E-state index in [-0.39, 0.29) is 18.1 Å². The van der Waals surface area contributed by atoms with Crippen LogP contribution in [0.5, 0.6) is 17.2 Å². The van der Waals surface area contributed by atoms with E-state index in [0.717, 1.165) is 22.4 Å². The van der Waals surface area contributed by atoms with E-state index in [1.54, 1.807) is 38.4 Å². The zero-order valence-electron chi connectivity index (χ0n) is 17.0. The van der Waals surface area contributed by atoms with Crippen molar-refractivity contribution in [1.29, 1.82) is 0 Å². The van der Waals surface area contributed by atoms with Crippen molar-refractivity contribution in [1.82, 2.24) is 0 Å². The highest BCUT2D eigenvalue weighted by Crippen LogP contribution is 2.43. The van der Waals surface area contributed by atoms with Crippen molar-refractivity contribution in [3.63, 3.8) is 0 Å². The molecule has 0 saturated carbocycles. The van der Waals surface area contributed by atoms with E-state index in [0.29, 0.717) is 17.2 Å². The molecule has 0 bridgehead atoms. The number of fused-ring (bicyclic) bond motifs is 1. The lowest BCUT2D eigenvalue weighted by Gasteiger charge is -2.38. The van der Waals surface area contributed by atoms with Gasteiger partial charge in [-0.1, -0.05) is 12.1 Å². The molecule has 6 heteroatoms. The predicted octanol–water partition coefficient (Wildman–Crippen LogP) is 4.53. The van der Waals surface area contributed by atoms with Crippen molar-refractivity contribution >= 4 is 11.6 Å². The van der Waals surface area contributed by atoms with Gasteiger partial charge < -0.3 is 19.1 Å². The Kier molecular flexibility index (Phi) is 5.31. The van der Waals surface area contributed by atoms with E-state index in [9.17, 15) is 9.18 Å². The Morgan fingerprint density at radius 2 is 1.50 bits per heavy atom. The smallest absolute Gasteiger partial charge is 0.232 e. The molecule has 1 atom stereocenters. The maximum atomic E-state index is 13.6. The van der Waals surface area contributed by atoms with Gasteiger partial charge in [0.05, 0.1) is 33.8 Å². The van der Waals surface area contributed by atoms with Crippen molar-refractivity contribution in [2.24, 2.45) is 0 Å². The molecule has 30 heavy (non-hydrogen) atoms. The van der Waals surface area contributed by atoms with E-state index >= 15 is 0 Å². The highest BCUT2D eigenvalue weighted by Gasteiger charge is 2.36. The molecule has 0 saturated heterocycles. The Balaban J connectivity index is 1.91. The van der Waals surface area contributed by atoms with E-state index in [1.165, 1.54) is 12.1 Å². The molecule has 0 aromatic heterocycles. The second-order valence-corrected chi connectivity index (χ2v) is 7.00. The number of carbonyl (C=O) groups excluding carboxylic acids is 1. The van der Waals surface area contributed by atoms with Gasteiger partial charge in [-0.2, -0.15) is 0 Å². The quantitative estimate of drug-likeness (QED) is 0.624. The molecule has 0 fully saturated rings. The second kappa shape index (κ2) is 8.06. The Morgan fingerprint density at radius 1 is 0.867 bits per heavy atom.